The average Bonchev–Trinajstić information content (AvgIpc) is 3.01. The molecule has 0 saturated heterocycles. The molecule has 2 aromatic heterocycles. The third-order valence-corrected chi connectivity index (χ3v) is 3.20. The maximum Gasteiger partial charge on any atom is 0.573 e. The van der Waals surface area contributed by atoms with Crippen LogP contribution in [0.4, 0.5) is 13.2 Å². The van der Waals surface area contributed by atoms with Gasteiger partial charge in [-0.25, -0.2) is 0 Å². The SMILES string of the molecule is Cc1cc(=O)n(-c2ccc(OC(F)(F)F)cc2)cc1-c1nn[nH]n1. The number of halogens is 3. The molecule has 1 aromatic carbocycles. The molecule has 24 heavy (non-hydrogen) atoms. The molecule has 0 spiro atoms. The van der Waals surface area contributed by atoms with Gasteiger partial charge in [0.25, 0.3) is 5.56 Å². The van der Waals surface area contributed by atoms with E-state index >= 15 is 0 Å². The molecule has 2 heterocycles. The molecule has 0 unspecified atom stereocenters. The van der Waals surface area contributed by atoms with Crippen molar-refractivity contribution < 1.29 is 17.9 Å². The minimum atomic E-state index is -4.77. The highest BCUT2D eigenvalue weighted by atomic mass is 19.4. The van der Waals surface area contributed by atoms with E-state index < -0.39 is 6.36 Å². The van der Waals surface area contributed by atoms with Crippen LogP contribution in [0.25, 0.3) is 17.1 Å². The number of benzene rings is 1. The van der Waals surface area contributed by atoms with E-state index in [-0.39, 0.29) is 11.3 Å². The molecule has 0 fully saturated rings. The molecule has 7 nitrogen and oxygen atoms in total. The quantitative estimate of drug-likeness (QED) is 0.792. The number of rotatable bonds is 3. The highest BCUT2D eigenvalue weighted by molar-refractivity contribution is 5.58. The molecule has 0 saturated carbocycles. The van der Waals surface area contributed by atoms with Gasteiger partial charge < -0.3 is 4.74 Å². The number of ether oxygens (including phenoxy) is 1. The molecule has 10 heteroatoms. The van der Waals surface area contributed by atoms with Crippen molar-refractivity contribution in [3.05, 3.63) is 52.4 Å². The maximum absolute atomic E-state index is 12.2. The molecule has 0 aliphatic carbocycles. The fourth-order valence-electron chi connectivity index (χ4n) is 2.15. The number of pyridine rings is 1. The van der Waals surface area contributed by atoms with Crippen LogP contribution in [-0.4, -0.2) is 31.6 Å². The van der Waals surface area contributed by atoms with E-state index in [1.165, 1.54) is 29.0 Å². The highest BCUT2D eigenvalue weighted by Crippen LogP contribution is 2.24. The number of alkyl halides is 3. The summed E-state index contributed by atoms with van der Waals surface area (Å²) >= 11 is 0. The Kier molecular flexibility index (Phi) is 3.80. The number of nitrogens with one attached hydrogen (secondary N) is 1. The van der Waals surface area contributed by atoms with Gasteiger partial charge >= 0.3 is 6.36 Å². The Morgan fingerprint density at radius 1 is 1.21 bits per heavy atom. The van der Waals surface area contributed by atoms with E-state index in [0.717, 1.165) is 12.1 Å². The Morgan fingerprint density at radius 3 is 2.50 bits per heavy atom. The predicted octanol–water partition coefficient (Wildman–Crippen LogP) is 2.22. The van der Waals surface area contributed by atoms with Gasteiger partial charge in [-0.3, -0.25) is 9.36 Å². The summed E-state index contributed by atoms with van der Waals surface area (Å²) in [5.74, 6) is -0.0666. The second kappa shape index (κ2) is 5.80. The lowest BCUT2D eigenvalue weighted by Crippen LogP contribution is -2.19. The Bertz CT molecular complexity index is 902. The first kappa shape index (κ1) is 15.7. The van der Waals surface area contributed by atoms with Crippen molar-refractivity contribution in [1.82, 2.24) is 25.2 Å². The fourth-order valence-corrected chi connectivity index (χ4v) is 2.15. The molecule has 0 aliphatic heterocycles. The van der Waals surface area contributed by atoms with Gasteiger partial charge in [-0.2, -0.15) is 5.21 Å². The van der Waals surface area contributed by atoms with Gasteiger partial charge in [0.15, 0.2) is 0 Å². The molecular formula is C14H10F3N5O2. The van der Waals surface area contributed by atoms with Crippen LogP contribution in [0.1, 0.15) is 5.56 Å². The van der Waals surface area contributed by atoms with Crippen LogP contribution in [0, 0.1) is 6.92 Å². The van der Waals surface area contributed by atoms with E-state index in [4.69, 9.17) is 0 Å². The van der Waals surface area contributed by atoms with E-state index in [2.05, 4.69) is 25.4 Å². The van der Waals surface area contributed by atoms with Gasteiger partial charge in [0.2, 0.25) is 5.82 Å². The van der Waals surface area contributed by atoms with Gasteiger partial charge in [-0.15, -0.1) is 23.4 Å². The van der Waals surface area contributed by atoms with Gasteiger partial charge in [0, 0.05) is 23.5 Å². The Labute approximate surface area is 132 Å². The molecule has 3 aromatic rings. The van der Waals surface area contributed by atoms with E-state index in [1.54, 1.807) is 6.92 Å². The monoisotopic (exact) mass is 337 g/mol. The van der Waals surface area contributed by atoms with Gasteiger partial charge in [-0.05, 0) is 42.0 Å². The zero-order valence-electron chi connectivity index (χ0n) is 12.2. The zero-order valence-corrected chi connectivity index (χ0v) is 12.2. The van der Waals surface area contributed by atoms with Crippen molar-refractivity contribution in [2.45, 2.75) is 13.3 Å². The van der Waals surface area contributed by atoms with Crippen molar-refractivity contribution in [3.8, 4) is 22.8 Å². The zero-order chi connectivity index (χ0) is 17.3. The lowest BCUT2D eigenvalue weighted by Gasteiger charge is -2.11. The summed E-state index contributed by atoms with van der Waals surface area (Å²) < 4.78 is 41.6. The summed E-state index contributed by atoms with van der Waals surface area (Å²) in [7, 11) is 0. The number of aryl methyl sites for hydroxylation is 1. The van der Waals surface area contributed by atoms with Crippen LogP contribution in [-0.2, 0) is 0 Å². The molecule has 1 N–H and O–H groups in total. The van der Waals surface area contributed by atoms with Crippen molar-refractivity contribution >= 4 is 0 Å². The molecule has 0 bridgehead atoms. The van der Waals surface area contributed by atoms with Crippen molar-refractivity contribution in [2.24, 2.45) is 0 Å². The molecule has 0 amide bonds. The summed E-state index contributed by atoms with van der Waals surface area (Å²) in [5.41, 5.74) is 1.25. The summed E-state index contributed by atoms with van der Waals surface area (Å²) in [6, 6.07) is 6.33. The number of hydrogen-bond donors (Lipinski definition) is 1. The first-order valence-corrected chi connectivity index (χ1v) is 6.67. The summed E-state index contributed by atoms with van der Waals surface area (Å²) in [6.45, 7) is 1.72. The topological polar surface area (TPSA) is 85.7 Å². The van der Waals surface area contributed by atoms with Crippen LogP contribution in [0.5, 0.6) is 5.75 Å². The predicted molar refractivity (Wildman–Crippen MR) is 76.6 cm³/mol. The summed E-state index contributed by atoms with van der Waals surface area (Å²) in [6.07, 6.45) is -3.27. The number of tetrazole rings is 1. The molecule has 0 aliphatic rings. The number of H-pyrrole nitrogens is 1. The number of hydrogen-bond acceptors (Lipinski definition) is 5. The lowest BCUT2D eigenvalue weighted by molar-refractivity contribution is -0.274. The normalized spacial score (nSPS) is 11.5. The van der Waals surface area contributed by atoms with Crippen LogP contribution < -0.4 is 10.3 Å². The second-order valence-electron chi connectivity index (χ2n) is 4.86. The fraction of sp³-hybridized carbons (Fsp3) is 0.143. The average molecular weight is 337 g/mol. The van der Waals surface area contributed by atoms with E-state index in [9.17, 15) is 18.0 Å². The van der Waals surface area contributed by atoms with Gasteiger partial charge in [0.1, 0.15) is 5.75 Å². The third kappa shape index (κ3) is 3.26. The Hall–Kier alpha value is -3.17. The maximum atomic E-state index is 12.2. The van der Waals surface area contributed by atoms with Crippen LogP contribution in [0.2, 0.25) is 0 Å². The molecule has 3 rings (SSSR count). The van der Waals surface area contributed by atoms with E-state index in [1.807, 2.05) is 0 Å². The lowest BCUT2D eigenvalue weighted by atomic mass is 10.1. The number of nitrogens with zero attached hydrogens (tertiary/aromatic N) is 4. The van der Waals surface area contributed by atoms with E-state index in [0.29, 0.717) is 22.6 Å². The number of aromatic nitrogens is 5. The third-order valence-electron chi connectivity index (χ3n) is 3.20. The molecule has 0 atom stereocenters. The van der Waals surface area contributed by atoms with Gasteiger partial charge in [-0.1, -0.05) is 0 Å². The van der Waals surface area contributed by atoms with Crippen LogP contribution in [0.15, 0.2) is 41.3 Å². The summed E-state index contributed by atoms with van der Waals surface area (Å²) in [5, 5.41) is 13.5. The van der Waals surface area contributed by atoms with Crippen molar-refractivity contribution in [1.29, 1.82) is 0 Å². The van der Waals surface area contributed by atoms with Crippen molar-refractivity contribution in [2.75, 3.05) is 0 Å². The first-order valence-electron chi connectivity index (χ1n) is 6.67. The summed E-state index contributed by atoms with van der Waals surface area (Å²) in [4.78, 5) is 12.2. The molecule has 124 valence electrons. The standard InChI is InChI=1S/C14H10F3N5O2/c1-8-6-12(23)22(7-11(8)13-18-20-21-19-13)9-2-4-10(5-3-9)24-14(15,16)17/h2-7H,1H3,(H,18,19,20,21). The van der Waals surface area contributed by atoms with Crippen molar-refractivity contribution in [3.63, 3.8) is 0 Å². The first-order chi connectivity index (χ1) is 11.3. The number of aromatic amines is 1. The largest absolute Gasteiger partial charge is 0.573 e. The Morgan fingerprint density at radius 2 is 1.92 bits per heavy atom. The second-order valence-corrected chi connectivity index (χ2v) is 4.86. The minimum Gasteiger partial charge on any atom is -0.406 e. The Balaban J connectivity index is 2.00. The van der Waals surface area contributed by atoms with Gasteiger partial charge in [0.05, 0.1) is 0 Å². The molecule has 0 radical (unpaired) electrons. The molecular weight excluding hydrogens is 327 g/mol. The smallest absolute Gasteiger partial charge is 0.406 e. The van der Waals surface area contributed by atoms with Crippen LogP contribution in [0.3, 0.4) is 0 Å². The van der Waals surface area contributed by atoms with Crippen LogP contribution >= 0.6 is 0 Å². The highest BCUT2D eigenvalue weighted by Gasteiger charge is 2.31. The minimum absolute atomic E-state index is 0.304.